The van der Waals surface area contributed by atoms with Gasteiger partial charge in [0.05, 0.1) is 0 Å². The van der Waals surface area contributed by atoms with Gasteiger partial charge in [-0.25, -0.2) is 4.98 Å². The first-order chi connectivity index (χ1) is 10.7. The summed E-state index contributed by atoms with van der Waals surface area (Å²) in [5, 5.41) is 0.228. The number of pyridine rings is 1. The van der Waals surface area contributed by atoms with Crippen molar-refractivity contribution in [3.8, 4) is 0 Å². The van der Waals surface area contributed by atoms with Crippen LogP contribution in [0, 0.1) is 5.95 Å². The summed E-state index contributed by atoms with van der Waals surface area (Å²) in [4.78, 5) is 3.74. The number of benzene rings is 1. The van der Waals surface area contributed by atoms with Crippen molar-refractivity contribution in [2.24, 2.45) is 0 Å². The highest BCUT2D eigenvalue weighted by Gasteiger charge is 2.25. The summed E-state index contributed by atoms with van der Waals surface area (Å²) in [5.41, 5.74) is 3.53. The average Bonchev–Trinajstić information content (AvgIpc) is 2.55. The Hall–Kier alpha value is -1.41. The van der Waals surface area contributed by atoms with Crippen molar-refractivity contribution >= 4 is 11.6 Å². The summed E-state index contributed by atoms with van der Waals surface area (Å²) in [6.45, 7) is 2.18. The molecule has 1 saturated carbocycles. The van der Waals surface area contributed by atoms with Crippen molar-refractivity contribution in [2.45, 2.75) is 50.9 Å². The summed E-state index contributed by atoms with van der Waals surface area (Å²) in [6.07, 6.45) is 5.33. The van der Waals surface area contributed by atoms with E-state index in [1.807, 2.05) is 0 Å². The first kappa shape index (κ1) is 15.5. The zero-order valence-corrected chi connectivity index (χ0v) is 13.6. The molecular formula is C19H21ClFN. The number of aryl methyl sites for hydroxylation is 1. The van der Waals surface area contributed by atoms with E-state index < -0.39 is 5.95 Å². The van der Waals surface area contributed by atoms with Gasteiger partial charge < -0.3 is 0 Å². The van der Waals surface area contributed by atoms with E-state index in [4.69, 9.17) is 11.6 Å². The van der Waals surface area contributed by atoms with E-state index in [0.29, 0.717) is 5.92 Å². The molecule has 3 heteroatoms. The minimum atomic E-state index is -0.400. The highest BCUT2D eigenvalue weighted by molar-refractivity contribution is 6.29. The Kier molecular flexibility index (Phi) is 4.77. The molecule has 1 nitrogen and oxygen atoms in total. The second-order valence-corrected chi connectivity index (χ2v) is 6.54. The molecule has 1 aliphatic carbocycles. The van der Waals surface area contributed by atoms with Crippen LogP contribution in [0.25, 0.3) is 0 Å². The van der Waals surface area contributed by atoms with Crippen molar-refractivity contribution in [2.75, 3.05) is 0 Å². The van der Waals surface area contributed by atoms with Gasteiger partial charge in [-0.2, -0.15) is 4.39 Å². The molecule has 116 valence electrons. The van der Waals surface area contributed by atoms with Crippen LogP contribution >= 0.6 is 11.6 Å². The van der Waals surface area contributed by atoms with E-state index in [9.17, 15) is 4.39 Å². The molecule has 1 aliphatic rings. The lowest BCUT2D eigenvalue weighted by Crippen LogP contribution is -2.13. The largest absolute Gasteiger partial charge is 0.217 e. The van der Waals surface area contributed by atoms with Crippen LogP contribution in [0.1, 0.15) is 61.1 Å². The molecule has 22 heavy (non-hydrogen) atoms. The third-order valence-electron chi connectivity index (χ3n) is 4.87. The topological polar surface area (TPSA) is 12.9 Å². The molecule has 0 radical (unpaired) electrons. The smallest absolute Gasteiger partial charge is 0.208 e. The van der Waals surface area contributed by atoms with Crippen LogP contribution < -0.4 is 0 Å². The Morgan fingerprint density at radius 2 is 1.64 bits per heavy atom. The second-order valence-electron chi connectivity index (χ2n) is 6.16. The molecule has 1 aromatic carbocycles. The SMILES string of the molecule is CCc1ccc([C@H]2CC[C@H](c3ccc(Cl)nc3F)CC2)cc1. The minimum Gasteiger partial charge on any atom is -0.208 e. The predicted octanol–water partition coefficient (Wildman–Crippen LogP) is 5.88. The maximum Gasteiger partial charge on any atom is 0.217 e. The Morgan fingerprint density at radius 3 is 2.23 bits per heavy atom. The fraction of sp³-hybridized carbons (Fsp3) is 0.421. The fourth-order valence-corrected chi connectivity index (χ4v) is 3.63. The molecule has 0 spiro atoms. The first-order valence-electron chi connectivity index (χ1n) is 8.08. The van der Waals surface area contributed by atoms with Crippen LogP contribution in [-0.2, 0) is 6.42 Å². The highest BCUT2D eigenvalue weighted by atomic mass is 35.5. The molecule has 0 aliphatic heterocycles. The van der Waals surface area contributed by atoms with Gasteiger partial charge in [0, 0.05) is 5.56 Å². The zero-order chi connectivity index (χ0) is 15.5. The van der Waals surface area contributed by atoms with Crippen molar-refractivity contribution in [1.82, 2.24) is 4.98 Å². The van der Waals surface area contributed by atoms with Gasteiger partial charge in [-0.15, -0.1) is 0 Å². The van der Waals surface area contributed by atoms with E-state index in [0.717, 1.165) is 37.7 Å². The van der Waals surface area contributed by atoms with Gasteiger partial charge in [0.15, 0.2) is 0 Å². The van der Waals surface area contributed by atoms with Crippen LogP contribution in [0.2, 0.25) is 5.15 Å². The van der Waals surface area contributed by atoms with Gasteiger partial charge in [0.25, 0.3) is 0 Å². The highest BCUT2D eigenvalue weighted by Crippen LogP contribution is 2.41. The molecule has 0 bridgehead atoms. The number of hydrogen-bond acceptors (Lipinski definition) is 1. The van der Waals surface area contributed by atoms with E-state index in [2.05, 4.69) is 36.2 Å². The summed E-state index contributed by atoms with van der Waals surface area (Å²) < 4.78 is 13.9. The van der Waals surface area contributed by atoms with Crippen LogP contribution in [0.5, 0.6) is 0 Å². The number of aromatic nitrogens is 1. The van der Waals surface area contributed by atoms with E-state index in [1.165, 1.54) is 11.1 Å². The molecule has 0 N–H and O–H groups in total. The Morgan fingerprint density at radius 1 is 1.00 bits per heavy atom. The van der Waals surface area contributed by atoms with Gasteiger partial charge >= 0.3 is 0 Å². The van der Waals surface area contributed by atoms with Gasteiger partial charge in [-0.3, -0.25) is 0 Å². The van der Waals surface area contributed by atoms with E-state index in [-0.39, 0.29) is 11.1 Å². The lowest BCUT2D eigenvalue weighted by atomic mass is 9.76. The molecule has 1 heterocycles. The number of nitrogens with zero attached hydrogens (tertiary/aromatic N) is 1. The van der Waals surface area contributed by atoms with E-state index >= 15 is 0 Å². The number of halogens is 2. The zero-order valence-electron chi connectivity index (χ0n) is 12.9. The average molecular weight is 318 g/mol. The molecule has 0 amide bonds. The Balaban J connectivity index is 1.66. The lowest BCUT2D eigenvalue weighted by molar-refractivity contribution is 0.384. The molecule has 0 unspecified atom stereocenters. The van der Waals surface area contributed by atoms with Crippen molar-refractivity contribution in [1.29, 1.82) is 0 Å². The minimum absolute atomic E-state index is 0.228. The fourth-order valence-electron chi connectivity index (χ4n) is 3.49. The third kappa shape index (κ3) is 3.33. The number of rotatable bonds is 3. The molecule has 0 atom stereocenters. The van der Waals surface area contributed by atoms with Crippen LogP contribution in [0.4, 0.5) is 4.39 Å². The van der Waals surface area contributed by atoms with Crippen molar-refractivity contribution in [3.63, 3.8) is 0 Å². The third-order valence-corrected chi connectivity index (χ3v) is 5.08. The molecular weight excluding hydrogens is 297 g/mol. The van der Waals surface area contributed by atoms with Gasteiger partial charge in [-0.05, 0) is 61.1 Å². The maximum atomic E-state index is 13.9. The molecule has 3 rings (SSSR count). The molecule has 1 fully saturated rings. The maximum absolute atomic E-state index is 13.9. The van der Waals surface area contributed by atoms with E-state index in [1.54, 1.807) is 12.1 Å². The molecule has 1 aromatic heterocycles. The summed E-state index contributed by atoms with van der Waals surface area (Å²) in [6, 6.07) is 12.5. The second kappa shape index (κ2) is 6.78. The van der Waals surface area contributed by atoms with Crippen molar-refractivity contribution < 1.29 is 4.39 Å². The predicted molar refractivity (Wildman–Crippen MR) is 89.0 cm³/mol. The molecule has 0 saturated heterocycles. The van der Waals surface area contributed by atoms with Gasteiger partial charge in [0.2, 0.25) is 5.95 Å². The van der Waals surface area contributed by atoms with Crippen LogP contribution in [0.3, 0.4) is 0 Å². The summed E-state index contributed by atoms with van der Waals surface area (Å²) in [5.74, 6) is 0.477. The van der Waals surface area contributed by atoms with Gasteiger partial charge in [0.1, 0.15) is 5.15 Å². The first-order valence-corrected chi connectivity index (χ1v) is 8.46. The Bertz CT molecular complexity index is 630. The monoisotopic (exact) mass is 317 g/mol. The van der Waals surface area contributed by atoms with Crippen molar-refractivity contribution in [3.05, 3.63) is 64.2 Å². The summed E-state index contributed by atoms with van der Waals surface area (Å²) in [7, 11) is 0. The van der Waals surface area contributed by atoms with Crippen LogP contribution in [0.15, 0.2) is 36.4 Å². The molecule has 2 aromatic rings. The normalized spacial score (nSPS) is 21.8. The lowest BCUT2D eigenvalue weighted by Gasteiger charge is -2.29. The number of hydrogen-bond donors (Lipinski definition) is 0. The Labute approximate surface area is 136 Å². The summed E-state index contributed by atoms with van der Waals surface area (Å²) >= 11 is 5.73. The standard InChI is InChI=1S/C19H21ClFN/c1-2-13-3-5-14(6-4-13)15-7-9-16(10-8-15)17-11-12-18(20)22-19(17)21/h3-6,11-12,15-16H,2,7-10H2,1H3/t15-,16-. The quantitative estimate of drug-likeness (QED) is 0.644. The van der Waals surface area contributed by atoms with Gasteiger partial charge in [-0.1, -0.05) is 48.9 Å². The van der Waals surface area contributed by atoms with Crippen LogP contribution in [-0.4, -0.2) is 4.98 Å².